The van der Waals surface area contributed by atoms with Crippen molar-refractivity contribution in [3.8, 4) is 0 Å². The number of nitrogens with zero attached hydrogens (tertiary/aromatic N) is 1. The van der Waals surface area contributed by atoms with Crippen molar-refractivity contribution in [2.45, 2.75) is 24.7 Å². The Kier molecular flexibility index (Phi) is 5.05. The lowest BCUT2D eigenvalue weighted by molar-refractivity contribution is 0.190. The van der Waals surface area contributed by atoms with Crippen LogP contribution in [0.4, 0.5) is 5.69 Å². The third-order valence-electron chi connectivity index (χ3n) is 2.02. The van der Waals surface area contributed by atoms with Gasteiger partial charge in [0.25, 0.3) is 0 Å². The third-order valence-corrected chi connectivity index (χ3v) is 2.49. The first-order chi connectivity index (χ1) is 7.13. The maximum atomic E-state index is 5.05. The lowest BCUT2D eigenvalue weighted by Crippen LogP contribution is -2.20. The molecule has 0 aromatic carbocycles. The van der Waals surface area contributed by atoms with Gasteiger partial charge in [0.15, 0.2) is 0 Å². The number of anilines is 1. The Balaban J connectivity index is 2.56. The average Bonchev–Trinajstić information content (AvgIpc) is 2.18. The van der Waals surface area contributed by atoms with Crippen LogP contribution >= 0.6 is 15.9 Å². The molecular weight excluding hydrogens is 256 g/mol. The van der Waals surface area contributed by atoms with Crippen LogP contribution in [0.25, 0.3) is 0 Å². The Bertz CT molecular complexity index is 287. The number of nitrogens with one attached hydrogen (secondary N) is 1. The number of pyridine rings is 1. The average molecular weight is 273 g/mol. The molecule has 0 saturated carbocycles. The van der Waals surface area contributed by atoms with Crippen LogP contribution in [-0.2, 0) is 4.74 Å². The molecule has 0 radical (unpaired) electrons. The summed E-state index contributed by atoms with van der Waals surface area (Å²) in [6.45, 7) is 4.82. The molecule has 0 spiro atoms. The molecule has 2 atom stereocenters. The van der Waals surface area contributed by atoms with E-state index in [-0.39, 0.29) is 0 Å². The largest absolute Gasteiger partial charge is 0.383 e. The summed E-state index contributed by atoms with van der Waals surface area (Å²) < 4.78 is 5.05. The number of hydrogen-bond donors (Lipinski definition) is 1. The molecule has 2 unspecified atom stereocenters. The molecule has 0 fully saturated rings. The maximum absolute atomic E-state index is 5.05. The first-order valence-corrected chi connectivity index (χ1v) is 5.90. The van der Waals surface area contributed by atoms with Crippen molar-refractivity contribution < 1.29 is 4.74 Å². The van der Waals surface area contributed by atoms with Crippen molar-refractivity contribution in [1.82, 2.24) is 4.98 Å². The van der Waals surface area contributed by atoms with Gasteiger partial charge in [0, 0.05) is 13.2 Å². The minimum absolute atomic E-state index is 0.294. The molecule has 1 aromatic rings. The molecule has 0 amide bonds. The van der Waals surface area contributed by atoms with Gasteiger partial charge in [-0.15, -0.1) is 0 Å². The molecule has 1 aromatic heterocycles. The minimum Gasteiger partial charge on any atom is -0.383 e. The van der Waals surface area contributed by atoms with Crippen molar-refractivity contribution in [2.24, 2.45) is 0 Å². The van der Waals surface area contributed by atoms with E-state index in [0.29, 0.717) is 17.5 Å². The zero-order valence-corrected chi connectivity index (χ0v) is 10.9. The molecule has 4 heteroatoms. The number of rotatable bonds is 5. The summed E-state index contributed by atoms with van der Waals surface area (Å²) in [6.07, 6.45) is 1.85. The van der Waals surface area contributed by atoms with E-state index < -0.39 is 0 Å². The summed E-state index contributed by atoms with van der Waals surface area (Å²) >= 11 is 3.48. The number of methoxy groups -OCH3 is 1. The Morgan fingerprint density at radius 1 is 1.47 bits per heavy atom. The fourth-order valence-corrected chi connectivity index (χ4v) is 1.57. The predicted octanol–water partition coefficient (Wildman–Crippen LogP) is 2.98. The molecule has 84 valence electrons. The summed E-state index contributed by atoms with van der Waals surface area (Å²) in [5.74, 6) is 0. The second-order valence-electron chi connectivity index (χ2n) is 3.59. The van der Waals surface area contributed by atoms with E-state index in [1.165, 1.54) is 0 Å². The second-order valence-corrected chi connectivity index (χ2v) is 4.96. The smallest absolute Gasteiger partial charge is 0.0661 e. The lowest BCUT2D eigenvalue weighted by Gasteiger charge is -2.14. The molecule has 1 N–H and O–H groups in total. The minimum atomic E-state index is 0.294. The van der Waals surface area contributed by atoms with E-state index in [1.807, 2.05) is 18.3 Å². The maximum Gasteiger partial charge on any atom is 0.0661 e. The van der Waals surface area contributed by atoms with Crippen molar-refractivity contribution in [3.05, 3.63) is 24.0 Å². The van der Waals surface area contributed by atoms with Crippen LogP contribution in [0.15, 0.2) is 18.3 Å². The highest BCUT2D eigenvalue weighted by Gasteiger charge is 2.04. The SMILES string of the molecule is COCC(C)Nc1ccc(C(C)Br)nc1. The molecule has 0 aliphatic rings. The zero-order valence-electron chi connectivity index (χ0n) is 9.33. The van der Waals surface area contributed by atoms with Crippen molar-refractivity contribution in [2.75, 3.05) is 19.0 Å². The van der Waals surface area contributed by atoms with Gasteiger partial charge in [0.05, 0.1) is 29.0 Å². The first-order valence-electron chi connectivity index (χ1n) is 4.99. The highest BCUT2D eigenvalue weighted by Crippen LogP contribution is 2.20. The monoisotopic (exact) mass is 272 g/mol. The van der Waals surface area contributed by atoms with Crippen LogP contribution in [0.1, 0.15) is 24.4 Å². The van der Waals surface area contributed by atoms with Gasteiger partial charge in [0.2, 0.25) is 0 Å². The van der Waals surface area contributed by atoms with Gasteiger partial charge in [-0.05, 0) is 26.0 Å². The van der Waals surface area contributed by atoms with E-state index in [1.54, 1.807) is 7.11 Å². The van der Waals surface area contributed by atoms with Gasteiger partial charge in [0.1, 0.15) is 0 Å². The Hall–Kier alpha value is -0.610. The standard InChI is InChI=1S/C11H17BrN2O/c1-8(7-15-3)14-10-4-5-11(9(2)12)13-6-10/h4-6,8-9,14H,7H2,1-3H3. The van der Waals surface area contributed by atoms with Gasteiger partial charge in [-0.1, -0.05) is 15.9 Å². The lowest BCUT2D eigenvalue weighted by atomic mass is 10.2. The Labute approximate surface area is 99.4 Å². The second kappa shape index (κ2) is 6.08. The van der Waals surface area contributed by atoms with Gasteiger partial charge in [-0.25, -0.2) is 0 Å². The van der Waals surface area contributed by atoms with Gasteiger partial charge in [-0.3, -0.25) is 4.98 Å². The summed E-state index contributed by atoms with van der Waals surface area (Å²) in [4.78, 5) is 4.64. The van der Waals surface area contributed by atoms with Crippen LogP contribution in [0.5, 0.6) is 0 Å². The van der Waals surface area contributed by atoms with Crippen LogP contribution < -0.4 is 5.32 Å². The molecule has 1 heterocycles. The molecular formula is C11H17BrN2O. The zero-order chi connectivity index (χ0) is 11.3. The fraction of sp³-hybridized carbons (Fsp3) is 0.545. The van der Waals surface area contributed by atoms with E-state index in [9.17, 15) is 0 Å². The summed E-state index contributed by atoms with van der Waals surface area (Å²) in [5, 5.41) is 3.31. The highest BCUT2D eigenvalue weighted by atomic mass is 79.9. The van der Waals surface area contributed by atoms with Crippen LogP contribution in [-0.4, -0.2) is 24.7 Å². The topological polar surface area (TPSA) is 34.1 Å². The summed E-state index contributed by atoms with van der Waals surface area (Å²) in [7, 11) is 1.70. The Morgan fingerprint density at radius 3 is 2.67 bits per heavy atom. The van der Waals surface area contributed by atoms with Gasteiger partial charge < -0.3 is 10.1 Å². The molecule has 0 aliphatic carbocycles. The predicted molar refractivity (Wildman–Crippen MR) is 66.5 cm³/mol. The normalized spacial score (nSPS) is 14.7. The first kappa shape index (κ1) is 12.5. The van der Waals surface area contributed by atoms with Gasteiger partial charge in [-0.2, -0.15) is 0 Å². The van der Waals surface area contributed by atoms with E-state index in [0.717, 1.165) is 11.4 Å². The van der Waals surface area contributed by atoms with E-state index in [4.69, 9.17) is 4.74 Å². The van der Waals surface area contributed by atoms with Crippen molar-refractivity contribution in [1.29, 1.82) is 0 Å². The van der Waals surface area contributed by atoms with Crippen LogP contribution in [0.2, 0.25) is 0 Å². The molecule has 0 bridgehead atoms. The van der Waals surface area contributed by atoms with E-state index >= 15 is 0 Å². The number of hydrogen-bond acceptors (Lipinski definition) is 3. The Morgan fingerprint density at radius 2 is 2.20 bits per heavy atom. The van der Waals surface area contributed by atoms with Crippen LogP contribution in [0.3, 0.4) is 0 Å². The highest BCUT2D eigenvalue weighted by molar-refractivity contribution is 9.09. The third kappa shape index (κ3) is 4.18. The number of halogens is 1. The molecule has 15 heavy (non-hydrogen) atoms. The summed E-state index contributed by atoms with van der Waals surface area (Å²) in [5.41, 5.74) is 2.07. The number of ether oxygens (including phenoxy) is 1. The molecule has 3 nitrogen and oxygen atoms in total. The van der Waals surface area contributed by atoms with Crippen molar-refractivity contribution in [3.63, 3.8) is 0 Å². The summed E-state index contributed by atoms with van der Waals surface area (Å²) in [6, 6.07) is 4.34. The number of aromatic nitrogens is 1. The quantitative estimate of drug-likeness (QED) is 0.837. The van der Waals surface area contributed by atoms with Crippen molar-refractivity contribution >= 4 is 21.6 Å². The van der Waals surface area contributed by atoms with Gasteiger partial charge >= 0.3 is 0 Å². The van der Waals surface area contributed by atoms with Crippen LogP contribution in [0, 0.1) is 0 Å². The fourth-order valence-electron chi connectivity index (χ4n) is 1.30. The number of alkyl halides is 1. The molecule has 0 aliphatic heterocycles. The van der Waals surface area contributed by atoms with E-state index in [2.05, 4.69) is 40.1 Å². The molecule has 1 rings (SSSR count). The molecule has 0 saturated heterocycles.